The van der Waals surface area contributed by atoms with Crippen molar-refractivity contribution in [2.75, 3.05) is 13.2 Å². The molecule has 1 aromatic carbocycles. The summed E-state index contributed by atoms with van der Waals surface area (Å²) in [6, 6.07) is 5.41. The molecule has 0 spiro atoms. The number of rotatable bonds is 5. The molecule has 2 N–H and O–H groups in total. The van der Waals surface area contributed by atoms with E-state index in [0.29, 0.717) is 22.4 Å². The third-order valence-electron chi connectivity index (χ3n) is 4.41. The van der Waals surface area contributed by atoms with Gasteiger partial charge in [0.25, 0.3) is 0 Å². The zero-order valence-corrected chi connectivity index (χ0v) is 12.4. The normalized spacial score (nSPS) is 17.1. The van der Waals surface area contributed by atoms with Crippen LogP contribution in [0.15, 0.2) is 18.2 Å². The van der Waals surface area contributed by atoms with Gasteiger partial charge in [0, 0.05) is 15.5 Å². The smallest absolute Gasteiger partial charge is 0.0515 e. The standard InChI is InChI=1S/C15H20Cl2O2/c16-13-6-5-11(14(17)7-13)8-15(9-18,10-19)12-3-1-2-4-12/h5-7,12,18-19H,1-4,8-10H2. The maximum atomic E-state index is 9.81. The molecule has 19 heavy (non-hydrogen) atoms. The first-order valence-electron chi connectivity index (χ1n) is 6.77. The summed E-state index contributed by atoms with van der Waals surface area (Å²) in [4.78, 5) is 0. The van der Waals surface area contributed by atoms with E-state index < -0.39 is 5.41 Å². The lowest BCUT2D eigenvalue weighted by molar-refractivity contribution is 0.00572. The molecule has 4 heteroatoms. The molecular formula is C15H20Cl2O2. The Kier molecular flexibility index (Phi) is 5.13. The highest BCUT2D eigenvalue weighted by Crippen LogP contribution is 2.42. The molecule has 1 aliphatic rings. The van der Waals surface area contributed by atoms with Crippen LogP contribution < -0.4 is 0 Å². The van der Waals surface area contributed by atoms with Crippen molar-refractivity contribution in [3.8, 4) is 0 Å². The number of aliphatic hydroxyl groups excluding tert-OH is 2. The van der Waals surface area contributed by atoms with Crippen LogP contribution >= 0.6 is 23.2 Å². The summed E-state index contributed by atoms with van der Waals surface area (Å²) in [5, 5.41) is 20.8. The van der Waals surface area contributed by atoms with E-state index in [4.69, 9.17) is 23.2 Å². The lowest BCUT2D eigenvalue weighted by atomic mass is 9.71. The first-order chi connectivity index (χ1) is 9.11. The predicted molar refractivity (Wildman–Crippen MR) is 78.7 cm³/mol. The van der Waals surface area contributed by atoms with E-state index in [1.807, 2.05) is 6.07 Å². The highest BCUT2D eigenvalue weighted by molar-refractivity contribution is 6.35. The Hall–Kier alpha value is -0.280. The van der Waals surface area contributed by atoms with Gasteiger partial charge in [0.2, 0.25) is 0 Å². The molecule has 0 radical (unpaired) electrons. The molecular weight excluding hydrogens is 283 g/mol. The Morgan fingerprint density at radius 3 is 2.26 bits per heavy atom. The minimum atomic E-state index is -0.464. The Morgan fingerprint density at radius 2 is 1.74 bits per heavy atom. The summed E-state index contributed by atoms with van der Waals surface area (Å²) >= 11 is 12.1. The number of benzene rings is 1. The number of hydrogen-bond acceptors (Lipinski definition) is 2. The lowest BCUT2D eigenvalue weighted by Gasteiger charge is -2.36. The molecule has 2 nitrogen and oxygen atoms in total. The number of hydrogen-bond donors (Lipinski definition) is 2. The van der Waals surface area contributed by atoms with Crippen LogP contribution in [0.3, 0.4) is 0 Å². The highest BCUT2D eigenvalue weighted by Gasteiger charge is 2.39. The van der Waals surface area contributed by atoms with Gasteiger partial charge in [-0.2, -0.15) is 0 Å². The molecule has 0 unspecified atom stereocenters. The molecule has 0 bridgehead atoms. The van der Waals surface area contributed by atoms with Crippen molar-refractivity contribution in [3.05, 3.63) is 33.8 Å². The molecule has 0 saturated heterocycles. The van der Waals surface area contributed by atoms with Crippen LogP contribution in [0.2, 0.25) is 10.0 Å². The summed E-state index contributed by atoms with van der Waals surface area (Å²) in [6.07, 6.45) is 5.11. The second-order valence-corrected chi connectivity index (χ2v) is 6.42. The summed E-state index contributed by atoms with van der Waals surface area (Å²) in [5.74, 6) is 0.370. The average molecular weight is 303 g/mol. The van der Waals surface area contributed by atoms with Gasteiger partial charge in [-0.15, -0.1) is 0 Å². The van der Waals surface area contributed by atoms with E-state index in [0.717, 1.165) is 18.4 Å². The van der Waals surface area contributed by atoms with E-state index in [9.17, 15) is 10.2 Å². The maximum absolute atomic E-state index is 9.81. The number of halogens is 2. The van der Waals surface area contributed by atoms with E-state index in [-0.39, 0.29) is 13.2 Å². The zero-order valence-electron chi connectivity index (χ0n) is 10.9. The maximum Gasteiger partial charge on any atom is 0.0515 e. The quantitative estimate of drug-likeness (QED) is 0.871. The van der Waals surface area contributed by atoms with Crippen molar-refractivity contribution in [2.45, 2.75) is 32.1 Å². The van der Waals surface area contributed by atoms with Crippen molar-refractivity contribution in [2.24, 2.45) is 11.3 Å². The molecule has 1 saturated carbocycles. The fourth-order valence-electron chi connectivity index (χ4n) is 3.15. The summed E-state index contributed by atoms with van der Waals surface area (Å²) in [6.45, 7) is -0.0136. The van der Waals surface area contributed by atoms with Crippen molar-refractivity contribution in [1.29, 1.82) is 0 Å². The van der Waals surface area contributed by atoms with Crippen LogP contribution in [-0.2, 0) is 6.42 Å². The Balaban J connectivity index is 2.24. The topological polar surface area (TPSA) is 40.5 Å². The molecule has 0 aromatic heterocycles. The van der Waals surface area contributed by atoms with Crippen LogP contribution in [0.25, 0.3) is 0 Å². The molecule has 0 amide bonds. The molecule has 0 heterocycles. The summed E-state index contributed by atoms with van der Waals surface area (Å²) in [7, 11) is 0. The Morgan fingerprint density at radius 1 is 1.11 bits per heavy atom. The minimum absolute atomic E-state index is 0.00682. The van der Waals surface area contributed by atoms with E-state index in [1.165, 1.54) is 12.8 Å². The molecule has 1 aliphatic carbocycles. The van der Waals surface area contributed by atoms with Gasteiger partial charge in [0.1, 0.15) is 0 Å². The Labute approximate surface area is 124 Å². The predicted octanol–water partition coefficient (Wildman–Crippen LogP) is 3.70. The molecule has 106 valence electrons. The van der Waals surface area contributed by atoms with Crippen LogP contribution in [0, 0.1) is 11.3 Å². The second kappa shape index (κ2) is 6.45. The monoisotopic (exact) mass is 302 g/mol. The van der Waals surface area contributed by atoms with Crippen LogP contribution in [-0.4, -0.2) is 23.4 Å². The summed E-state index contributed by atoms with van der Waals surface area (Å²) < 4.78 is 0. The van der Waals surface area contributed by atoms with Crippen molar-refractivity contribution in [1.82, 2.24) is 0 Å². The van der Waals surface area contributed by atoms with Gasteiger partial charge in [-0.05, 0) is 42.9 Å². The van der Waals surface area contributed by atoms with Crippen LogP contribution in [0.4, 0.5) is 0 Å². The third-order valence-corrected chi connectivity index (χ3v) is 5.00. The van der Waals surface area contributed by atoms with Crippen LogP contribution in [0.5, 0.6) is 0 Å². The van der Waals surface area contributed by atoms with Gasteiger partial charge in [-0.3, -0.25) is 0 Å². The molecule has 0 atom stereocenters. The van der Waals surface area contributed by atoms with Gasteiger partial charge in [-0.25, -0.2) is 0 Å². The second-order valence-electron chi connectivity index (χ2n) is 5.57. The first-order valence-corrected chi connectivity index (χ1v) is 7.52. The van der Waals surface area contributed by atoms with E-state index >= 15 is 0 Å². The Bertz CT molecular complexity index is 424. The van der Waals surface area contributed by atoms with Crippen LogP contribution in [0.1, 0.15) is 31.2 Å². The highest BCUT2D eigenvalue weighted by atomic mass is 35.5. The molecule has 1 aromatic rings. The van der Waals surface area contributed by atoms with Gasteiger partial charge in [-0.1, -0.05) is 42.1 Å². The van der Waals surface area contributed by atoms with Gasteiger partial charge >= 0.3 is 0 Å². The van der Waals surface area contributed by atoms with Gasteiger partial charge in [0.15, 0.2) is 0 Å². The molecule has 1 fully saturated rings. The molecule has 2 rings (SSSR count). The first kappa shape index (κ1) is 15.1. The largest absolute Gasteiger partial charge is 0.396 e. The van der Waals surface area contributed by atoms with Crippen molar-refractivity contribution in [3.63, 3.8) is 0 Å². The van der Waals surface area contributed by atoms with Gasteiger partial charge < -0.3 is 10.2 Å². The van der Waals surface area contributed by atoms with Crippen molar-refractivity contribution >= 4 is 23.2 Å². The van der Waals surface area contributed by atoms with Gasteiger partial charge in [0.05, 0.1) is 13.2 Å². The fourth-order valence-corrected chi connectivity index (χ4v) is 3.62. The average Bonchev–Trinajstić information content (AvgIpc) is 2.93. The minimum Gasteiger partial charge on any atom is -0.396 e. The SMILES string of the molecule is OCC(CO)(Cc1ccc(Cl)cc1Cl)C1CCCC1. The fraction of sp³-hybridized carbons (Fsp3) is 0.600. The molecule has 0 aliphatic heterocycles. The van der Waals surface area contributed by atoms with E-state index in [2.05, 4.69) is 0 Å². The number of aliphatic hydroxyl groups is 2. The summed E-state index contributed by atoms with van der Waals surface area (Å²) in [5.41, 5.74) is 0.481. The lowest BCUT2D eigenvalue weighted by Crippen LogP contribution is -2.39. The zero-order chi connectivity index (χ0) is 13.9. The van der Waals surface area contributed by atoms with E-state index in [1.54, 1.807) is 12.1 Å². The third kappa shape index (κ3) is 3.25. The van der Waals surface area contributed by atoms with Crippen molar-refractivity contribution < 1.29 is 10.2 Å².